The van der Waals surface area contributed by atoms with Gasteiger partial charge >= 0.3 is 5.97 Å². The van der Waals surface area contributed by atoms with Gasteiger partial charge in [-0.25, -0.2) is 4.79 Å². The Kier molecular flexibility index (Phi) is 8.00. The van der Waals surface area contributed by atoms with E-state index in [0.717, 1.165) is 24.6 Å². The average Bonchev–Trinajstić information content (AvgIpc) is 3.50. The first-order valence-electron chi connectivity index (χ1n) is 17.0. The molecule has 7 N–H and O–H groups in total. The number of ether oxygens (including phenoxy) is 6. The third kappa shape index (κ3) is 4.99. The first kappa shape index (κ1) is 33.4. The molecule has 14 nitrogen and oxygen atoms in total. The molecule has 0 radical (unpaired) electrons. The Balaban J connectivity index is 1.21. The number of hydrogen-bond donors (Lipinski definition) is 7. The molecule has 51 heavy (non-hydrogen) atoms. The normalized spacial score (nSPS) is 30.6. The van der Waals surface area contributed by atoms with Crippen LogP contribution in [0.4, 0.5) is 5.69 Å². The van der Waals surface area contributed by atoms with E-state index in [1.54, 1.807) is 37.4 Å². The number of fused-ring (bicyclic) bond motifs is 8. The quantitative estimate of drug-likeness (QED) is 0.0975. The minimum absolute atomic E-state index is 0.0119. The van der Waals surface area contributed by atoms with Crippen LogP contribution in [-0.4, -0.2) is 94.2 Å². The monoisotopic (exact) mass is 704 g/mol. The first-order valence-corrected chi connectivity index (χ1v) is 17.0. The van der Waals surface area contributed by atoms with E-state index >= 15 is 0 Å². The SMILES string of the molecule is COc1c(OCNCCC(C)C)ccc2c1O[C@@H]1c3c(-c4cccc(O)c4)cc4c(c3OC[C@@H]21)N[C@H]1C=C[C@@]2(C(=O)O)O[C@@]1(O4)[C@H](O)[C@@H](O)[C@@H]2O. The number of hydrogen-bond acceptors (Lipinski definition) is 13. The average molecular weight is 705 g/mol. The number of rotatable bonds is 9. The zero-order chi connectivity index (χ0) is 35.8. The molecule has 0 aliphatic carbocycles. The molecule has 5 aliphatic rings. The van der Waals surface area contributed by atoms with Crippen molar-refractivity contribution in [1.29, 1.82) is 0 Å². The van der Waals surface area contributed by atoms with Crippen LogP contribution in [0.2, 0.25) is 0 Å². The van der Waals surface area contributed by atoms with Crippen LogP contribution in [0.1, 0.15) is 43.4 Å². The van der Waals surface area contributed by atoms with Crippen molar-refractivity contribution in [3.63, 3.8) is 0 Å². The molecule has 1 fully saturated rings. The van der Waals surface area contributed by atoms with E-state index in [2.05, 4.69) is 24.5 Å². The number of phenols is 1. The number of phenolic OH excluding ortho intramolecular Hbond substituents is 1. The van der Waals surface area contributed by atoms with Crippen LogP contribution in [0.5, 0.6) is 34.5 Å². The van der Waals surface area contributed by atoms with Gasteiger partial charge in [0.1, 0.15) is 42.5 Å². The predicted molar refractivity (Wildman–Crippen MR) is 180 cm³/mol. The maximum absolute atomic E-state index is 12.4. The highest BCUT2D eigenvalue weighted by Crippen LogP contribution is 2.62. The van der Waals surface area contributed by atoms with E-state index in [0.29, 0.717) is 58.0 Å². The topological polar surface area (TPSA) is 198 Å². The number of carboxylic acids is 1. The zero-order valence-corrected chi connectivity index (χ0v) is 28.2. The molecule has 8 atom stereocenters. The Morgan fingerprint density at radius 3 is 2.69 bits per heavy atom. The third-order valence-corrected chi connectivity index (χ3v) is 10.4. The summed E-state index contributed by atoms with van der Waals surface area (Å²) >= 11 is 0. The van der Waals surface area contributed by atoms with E-state index in [9.17, 15) is 30.3 Å². The van der Waals surface area contributed by atoms with Gasteiger partial charge < -0.3 is 59.3 Å². The highest BCUT2D eigenvalue weighted by atomic mass is 16.7. The summed E-state index contributed by atoms with van der Waals surface area (Å²) in [4.78, 5) is 12.4. The van der Waals surface area contributed by atoms with E-state index in [-0.39, 0.29) is 24.0 Å². The minimum Gasteiger partial charge on any atom is -0.508 e. The zero-order valence-electron chi connectivity index (χ0n) is 28.2. The summed E-state index contributed by atoms with van der Waals surface area (Å²) in [5.41, 5.74) is 0.680. The number of methoxy groups -OCH3 is 1. The van der Waals surface area contributed by atoms with Crippen molar-refractivity contribution in [2.24, 2.45) is 5.92 Å². The predicted octanol–water partition coefficient (Wildman–Crippen LogP) is 3.02. The number of benzene rings is 3. The van der Waals surface area contributed by atoms with Gasteiger partial charge in [-0.1, -0.05) is 38.1 Å². The summed E-state index contributed by atoms with van der Waals surface area (Å²) in [6.07, 6.45) is -2.74. The molecule has 1 spiro atoms. The van der Waals surface area contributed by atoms with E-state index in [4.69, 9.17) is 28.4 Å². The third-order valence-electron chi connectivity index (χ3n) is 10.4. The lowest BCUT2D eigenvalue weighted by Crippen LogP contribution is -2.79. The van der Waals surface area contributed by atoms with Gasteiger partial charge in [0.05, 0.1) is 19.6 Å². The molecule has 3 aromatic rings. The van der Waals surface area contributed by atoms with Gasteiger partial charge in [-0.2, -0.15) is 0 Å². The van der Waals surface area contributed by atoms with Crippen LogP contribution >= 0.6 is 0 Å². The first-order chi connectivity index (χ1) is 24.5. The smallest absolute Gasteiger partial charge is 0.343 e. The molecule has 2 bridgehead atoms. The molecular formula is C37H40N2O12. The lowest BCUT2D eigenvalue weighted by molar-refractivity contribution is -0.356. The summed E-state index contributed by atoms with van der Waals surface area (Å²) in [5, 5.41) is 60.1. The van der Waals surface area contributed by atoms with E-state index in [1.807, 2.05) is 12.1 Å². The molecule has 270 valence electrons. The van der Waals surface area contributed by atoms with Crippen molar-refractivity contribution in [1.82, 2.24) is 5.32 Å². The lowest BCUT2D eigenvalue weighted by atomic mass is 9.76. The Morgan fingerprint density at radius 2 is 1.94 bits per heavy atom. The summed E-state index contributed by atoms with van der Waals surface area (Å²) in [6.45, 7) is 5.64. The number of carboxylic acid groups (broad SMARTS) is 1. The Bertz CT molecular complexity index is 1920. The molecule has 5 heterocycles. The Morgan fingerprint density at radius 1 is 1.12 bits per heavy atom. The van der Waals surface area contributed by atoms with Crippen molar-refractivity contribution in [3.8, 4) is 45.6 Å². The number of anilines is 1. The Labute approximate surface area is 293 Å². The maximum Gasteiger partial charge on any atom is 0.343 e. The highest BCUT2D eigenvalue weighted by molar-refractivity contribution is 5.85. The van der Waals surface area contributed by atoms with Crippen LogP contribution in [-0.2, 0) is 9.53 Å². The summed E-state index contributed by atoms with van der Waals surface area (Å²) in [7, 11) is 1.56. The second kappa shape index (κ2) is 12.2. The number of carbonyl (C=O) groups is 1. The van der Waals surface area contributed by atoms with E-state index in [1.165, 1.54) is 6.08 Å². The molecule has 5 aliphatic heterocycles. The molecule has 0 amide bonds. The maximum atomic E-state index is 12.4. The van der Waals surface area contributed by atoms with Crippen molar-refractivity contribution in [3.05, 3.63) is 65.7 Å². The van der Waals surface area contributed by atoms with Crippen LogP contribution < -0.4 is 34.3 Å². The van der Waals surface area contributed by atoms with E-state index < -0.39 is 47.8 Å². The summed E-state index contributed by atoms with van der Waals surface area (Å²) in [6, 6.07) is 11.1. The van der Waals surface area contributed by atoms with Crippen molar-refractivity contribution in [2.45, 2.75) is 68.0 Å². The second-order valence-electron chi connectivity index (χ2n) is 13.9. The number of aliphatic hydroxyl groups excluding tert-OH is 3. The number of aliphatic hydroxyl groups is 3. The molecule has 0 saturated carbocycles. The number of aromatic hydroxyl groups is 1. The number of nitrogens with one attached hydrogen (secondary N) is 2. The Hall–Kier alpha value is -4.73. The molecule has 8 rings (SSSR count). The summed E-state index contributed by atoms with van der Waals surface area (Å²) in [5.74, 6) is -1.38. The standard InChI is InChI=1S/C37H40N2O12/c1-17(2)10-12-38-16-48-23-8-7-20-22-15-47-32-26(29(22)49-30(20)31(23)46-3)21(18-5-4-6-19(40)13-18)14-24-27(32)39-25-9-11-36(35(44)45)33(42)28(41)34(43)37(25,50-24)51-36/h4-9,11,13-14,17,22,25,28-29,33-34,38-43H,10,12,15-16H2,1-3H3,(H,44,45)/t22-,25-,28-,29-,33-,34+,36+,37+/m0/s1. The fraction of sp³-hybridized carbons (Fsp3) is 0.432. The number of aliphatic carboxylic acids is 1. The molecule has 0 aromatic heterocycles. The van der Waals surface area contributed by atoms with Crippen LogP contribution in [0.25, 0.3) is 11.1 Å². The molecule has 0 unspecified atom stereocenters. The molecular weight excluding hydrogens is 664 g/mol. The van der Waals surface area contributed by atoms with Crippen molar-refractivity contribution in [2.75, 3.05) is 32.3 Å². The van der Waals surface area contributed by atoms with Gasteiger partial charge in [0.15, 0.2) is 29.1 Å². The van der Waals surface area contributed by atoms with Gasteiger partial charge in [0.25, 0.3) is 5.79 Å². The van der Waals surface area contributed by atoms with Crippen molar-refractivity contribution < 1.29 is 58.7 Å². The largest absolute Gasteiger partial charge is 0.508 e. The van der Waals surface area contributed by atoms with Gasteiger partial charge in [-0.15, -0.1) is 0 Å². The summed E-state index contributed by atoms with van der Waals surface area (Å²) < 4.78 is 37.5. The van der Waals surface area contributed by atoms with Crippen LogP contribution in [0, 0.1) is 5.92 Å². The van der Waals surface area contributed by atoms with Gasteiger partial charge in [-0.05, 0) is 60.4 Å². The van der Waals surface area contributed by atoms with Gasteiger partial charge in [0, 0.05) is 11.1 Å². The highest BCUT2D eigenvalue weighted by Gasteiger charge is 2.70. The molecule has 14 heteroatoms. The van der Waals surface area contributed by atoms with Gasteiger partial charge in [0.2, 0.25) is 11.4 Å². The van der Waals surface area contributed by atoms with Crippen molar-refractivity contribution >= 4 is 11.7 Å². The fourth-order valence-electron chi connectivity index (χ4n) is 7.73. The molecule has 3 aromatic carbocycles. The van der Waals surface area contributed by atoms with Crippen LogP contribution in [0.3, 0.4) is 0 Å². The minimum atomic E-state index is -2.38. The molecule has 1 saturated heterocycles. The fourth-order valence-corrected chi connectivity index (χ4v) is 7.73. The second-order valence-corrected chi connectivity index (χ2v) is 13.9. The lowest BCUT2D eigenvalue weighted by Gasteiger charge is -2.57. The van der Waals surface area contributed by atoms with Gasteiger partial charge in [-0.3, -0.25) is 5.32 Å². The van der Waals surface area contributed by atoms with Crippen LogP contribution in [0.15, 0.2) is 54.6 Å².